The summed E-state index contributed by atoms with van der Waals surface area (Å²) in [5, 5.41) is 16.6. The Balaban J connectivity index is 1.80. The summed E-state index contributed by atoms with van der Waals surface area (Å²) in [4.78, 5) is 24.4. The molecule has 10 nitrogen and oxygen atoms in total. The fourth-order valence-electron chi connectivity index (χ4n) is 2.94. The van der Waals surface area contributed by atoms with Crippen LogP contribution in [0.2, 0.25) is 0 Å². The van der Waals surface area contributed by atoms with Crippen LogP contribution in [-0.2, 0) is 21.2 Å². The minimum absolute atomic E-state index is 0.0126. The Hall–Kier alpha value is -3.31. The number of aryl methyl sites for hydroxylation is 1. The summed E-state index contributed by atoms with van der Waals surface area (Å²) in [6.45, 7) is 1.20. The maximum absolute atomic E-state index is 12.5. The summed E-state index contributed by atoms with van der Waals surface area (Å²) in [6.07, 6.45) is 5.58. The second-order valence-corrected chi connectivity index (χ2v) is 9.48. The minimum atomic E-state index is -3.83. The van der Waals surface area contributed by atoms with Crippen LogP contribution < -0.4 is 11.0 Å². The number of carbonyl (C=O) groups excluding carboxylic acids is 1. The normalized spacial score (nSPS) is 13.6. The van der Waals surface area contributed by atoms with E-state index in [0.717, 1.165) is 17.5 Å². The van der Waals surface area contributed by atoms with Crippen molar-refractivity contribution in [3.63, 3.8) is 0 Å². The molecule has 2 aromatic heterocycles. The highest BCUT2D eigenvalue weighted by molar-refractivity contribution is 7.92. The van der Waals surface area contributed by atoms with Gasteiger partial charge in [-0.2, -0.15) is 0 Å². The van der Waals surface area contributed by atoms with Gasteiger partial charge in [0.05, 0.1) is 18.1 Å². The van der Waals surface area contributed by atoms with Gasteiger partial charge in [-0.05, 0) is 42.7 Å². The van der Waals surface area contributed by atoms with Gasteiger partial charge in [0.1, 0.15) is 0 Å². The first-order valence-electron chi connectivity index (χ1n) is 8.97. The molecule has 3 rings (SSSR count). The molecular formula is C19H21N5O5S. The lowest BCUT2D eigenvalue weighted by atomic mass is 10.1. The molecule has 0 bridgehead atoms. The van der Waals surface area contributed by atoms with Gasteiger partial charge in [-0.1, -0.05) is 17.3 Å². The quantitative estimate of drug-likeness (QED) is 0.417. The van der Waals surface area contributed by atoms with Crippen molar-refractivity contribution in [2.75, 3.05) is 6.26 Å². The molecule has 0 radical (unpaired) electrons. The van der Waals surface area contributed by atoms with E-state index in [1.165, 1.54) is 23.0 Å². The van der Waals surface area contributed by atoms with E-state index < -0.39 is 20.5 Å². The predicted molar refractivity (Wildman–Crippen MR) is 109 cm³/mol. The largest absolute Gasteiger partial charge is 0.315 e. The van der Waals surface area contributed by atoms with Crippen LogP contribution in [-0.4, -0.2) is 50.1 Å². The molecule has 2 N–H and O–H groups in total. The maximum Gasteiger partial charge on any atom is 0.264 e. The van der Waals surface area contributed by atoms with E-state index in [1.54, 1.807) is 29.3 Å². The third kappa shape index (κ3) is 4.16. The third-order valence-corrected chi connectivity index (χ3v) is 7.14. The van der Waals surface area contributed by atoms with Crippen LogP contribution in [0.4, 0.5) is 0 Å². The molecule has 0 unspecified atom stereocenters. The number of aromatic nitrogens is 4. The van der Waals surface area contributed by atoms with E-state index in [-0.39, 0.29) is 18.5 Å². The summed E-state index contributed by atoms with van der Waals surface area (Å²) < 4.78 is 25.2. The van der Waals surface area contributed by atoms with Gasteiger partial charge in [0.25, 0.3) is 11.5 Å². The Morgan fingerprint density at radius 3 is 2.40 bits per heavy atom. The maximum atomic E-state index is 12.5. The molecule has 11 heteroatoms. The standard InChI is InChI=1S/C19H21N5O5S/c1-19(18(26)21-27,30(2,28)29)8-11-23-10-7-15(13-17(23)25)14-3-5-16(6-4-14)24-12-9-20-22-24/h3-7,9-10,12-13,27H,8,11H2,1-2H3,(H,21,26)/t19-/m1/s1. The molecule has 0 saturated heterocycles. The molecule has 1 atom stereocenters. The van der Waals surface area contributed by atoms with Crippen molar-refractivity contribution in [1.29, 1.82) is 0 Å². The molecule has 0 aliphatic heterocycles. The fourth-order valence-corrected chi connectivity index (χ4v) is 3.79. The number of carbonyl (C=O) groups is 1. The van der Waals surface area contributed by atoms with Gasteiger partial charge < -0.3 is 4.57 Å². The smallest absolute Gasteiger partial charge is 0.264 e. The van der Waals surface area contributed by atoms with Crippen LogP contribution >= 0.6 is 0 Å². The highest BCUT2D eigenvalue weighted by atomic mass is 32.2. The second-order valence-electron chi connectivity index (χ2n) is 7.04. The summed E-state index contributed by atoms with van der Waals surface area (Å²) in [7, 11) is -3.83. The zero-order valence-electron chi connectivity index (χ0n) is 16.4. The van der Waals surface area contributed by atoms with Crippen molar-refractivity contribution in [1.82, 2.24) is 25.0 Å². The second kappa shape index (κ2) is 8.20. The first-order chi connectivity index (χ1) is 14.2. The molecule has 1 aromatic carbocycles. The number of hydrogen-bond acceptors (Lipinski definition) is 7. The van der Waals surface area contributed by atoms with E-state index in [1.807, 2.05) is 24.3 Å². The van der Waals surface area contributed by atoms with Crippen molar-refractivity contribution >= 4 is 15.7 Å². The fraction of sp³-hybridized carbons (Fsp3) is 0.263. The zero-order valence-corrected chi connectivity index (χ0v) is 17.2. The van der Waals surface area contributed by atoms with Crippen LogP contribution in [0.15, 0.2) is 59.8 Å². The van der Waals surface area contributed by atoms with E-state index in [2.05, 4.69) is 10.3 Å². The van der Waals surface area contributed by atoms with Crippen LogP contribution in [0.5, 0.6) is 0 Å². The predicted octanol–water partition coefficient (Wildman–Crippen LogP) is 0.795. The molecule has 0 spiro atoms. The molecule has 0 aliphatic carbocycles. The molecule has 2 heterocycles. The molecule has 0 fully saturated rings. The van der Waals surface area contributed by atoms with Crippen molar-refractivity contribution in [2.24, 2.45) is 0 Å². The number of amides is 1. The lowest BCUT2D eigenvalue weighted by Gasteiger charge is -2.25. The Morgan fingerprint density at radius 1 is 1.17 bits per heavy atom. The molecular weight excluding hydrogens is 410 g/mol. The molecule has 0 saturated carbocycles. The van der Waals surface area contributed by atoms with E-state index in [0.29, 0.717) is 5.56 Å². The number of hydroxylamine groups is 1. The van der Waals surface area contributed by atoms with Gasteiger partial charge in [0, 0.05) is 25.1 Å². The molecule has 30 heavy (non-hydrogen) atoms. The highest BCUT2D eigenvalue weighted by Gasteiger charge is 2.43. The zero-order chi connectivity index (χ0) is 21.9. The molecule has 0 aliphatic rings. The lowest BCUT2D eigenvalue weighted by Crippen LogP contribution is -2.49. The van der Waals surface area contributed by atoms with Crippen molar-refractivity contribution < 1.29 is 18.4 Å². The number of hydrogen-bond donors (Lipinski definition) is 2. The van der Waals surface area contributed by atoms with Crippen LogP contribution in [0.3, 0.4) is 0 Å². The Bertz CT molecular complexity index is 1200. The van der Waals surface area contributed by atoms with Gasteiger partial charge >= 0.3 is 0 Å². The number of nitrogens with one attached hydrogen (secondary N) is 1. The summed E-state index contributed by atoms with van der Waals surface area (Å²) >= 11 is 0. The van der Waals surface area contributed by atoms with Crippen LogP contribution in [0.25, 0.3) is 16.8 Å². The van der Waals surface area contributed by atoms with Crippen molar-refractivity contribution in [2.45, 2.75) is 24.6 Å². The molecule has 1 amide bonds. The summed E-state index contributed by atoms with van der Waals surface area (Å²) in [5.74, 6) is -1.04. The van der Waals surface area contributed by atoms with Gasteiger partial charge in [0.2, 0.25) is 0 Å². The number of pyridine rings is 1. The van der Waals surface area contributed by atoms with Gasteiger partial charge in [-0.15, -0.1) is 5.10 Å². The topological polar surface area (TPSA) is 136 Å². The molecule has 3 aromatic rings. The van der Waals surface area contributed by atoms with Crippen molar-refractivity contribution in [3.05, 3.63) is 65.3 Å². The number of rotatable bonds is 7. The average Bonchev–Trinajstić information content (AvgIpc) is 3.26. The van der Waals surface area contributed by atoms with E-state index in [9.17, 15) is 18.0 Å². The van der Waals surface area contributed by atoms with Gasteiger partial charge in [0.15, 0.2) is 14.6 Å². The first kappa shape index (κ1) is 21.4. The third-order valence-electron chi connectivity index (χ3n) is 5.11. The van der Waals surface area contributed by atoms with Crippen LogP contribution in [0, 0.1) is 0 Å². The lowest BCUT2D eigenvalue weighted by molar-refractivity contribution is -0.131. The monoisotopic (exact) mass is 431 g/mol. The summed E-state index contributed by atoms with van der Waals surface area (Å²) in [6, 6.07) is 10.6. The van der Waals surface area contributed by atoms with Gasteiger partial charge in [-0.3, -0.25) is 14.8 Å². The van der Waals surface area contributed by atoms with Crippen molar-refractivity contribution in [3.8, 4) is 16.8 Å². The summed E-state index contributed by atoms with van der Waals surface area (Å²) in [5.41, 5.74) is 3.40. The van der Waals surface area contributed by atoms with E-state index in [4.69, 9.17) is 5.21 Å². The van der Waals surface area contributed by atoms with Crippen LogP contribution in [0.1, 0.15) is 13.3 Å². The Labute approximate surface area is 172 Å². The number of nitrogens with zero attached hydrogens (tertiary/aromatic N) is 4. The SMILES string of the molecule is C[C@@](CCn1ccc(-c2ccc(-n3ccnn3)cc2)cc1=O)(C(=O)NO)S(C)(=O)=O. The van der Waals surface area contributed by atoms with E-state index >= 15 is 0 Å². The number of sulfone groups is 1. The Kier molecular flexibility index (Phi) is 5.85. The minimum Gasteiger partial charge on any atom is -0.315 e. The molecule has 158 valence electrons. The van der Waals surface area contributed by atoms with Gasteiger partial charge in [-0.25, -0.2) is 18.6 Å². The first-order valence-corrected chi connectivity index (χ1v) is 10.9. The average molecular weight is 431 g/mol. The number of benzene rings is 1. The highest BCUT2D eigenvalue weighted by Crippen LogP contribution is 2.23. The Morgan fingerprint density at radius 2 is 1.87 bits per heavy atom.